The van der Waals surface area contributed by atoms with Gasteiger partial charge in [-0.05, 0) is 55.4 Å². The quantitative estimate of drug-likeness (QED) is 0.264. The smallest absolute Gasteiger partial charge is 0.235 e. The second-order valence-corrected chi connectivity index (χ2v) is 11.8. The van der Waals surface area contributed by atoms with Crippen molar-refractivity contribution in [1.82, 2.24) is 19.9 Å². The molecule has 0 amide bonds. The number of methoxy groups -OCH3 is 1. The van der Waals surface area contributed by atoms with E-state index < -0.39 is 10.0 Å². The lowest BCUT2D eigenvalue weighted by atomic mass is 10.1. The summed E-state index contributed by atoms with van der Waals surface area (Å²) < 4.78 is 32.2. The molecule has 0 atom stereocenters. The number of phenols is 1. The van der Waals surface area contributed by atoms with Gasteiger partial charge in [-0.25, -0.2) is 18.4 Å². The highest BCUT2D eigenvalue weighted by molar-refractivity contribution is 7.93. The third-order valence-electron chi connectivity index (χ3n) is 6.89. The largest absolute Gasteiger partial charge is 0.504 e. The Morgan fingerprint density at radius 3 is 2.50 bits per heavy atom. The topological polar surface area (TPSA) is 136 Å². The third kappa shape index (κ3) is 4.63. The molecular weight excluding hydrogens is 526 g/mol. The Morgan fingerprint density at radius 2 is 1.82 bits per heavy atom. The molecule has 3 heterocycles. The number of H-pyrrole nitrogens is 1. The highest BCUT2D eigenvalue weighted by Crippen LogP contribution is 2.37. The number of nitrogens with zero attached hydrogens (tertiary/aromatic N) is 4. The van der Waals surface area contributed by atoms with Crippen molar-refractivity contribution in [3.63, 3.8) is 0 Å². The molecule has 2 aromatic carbocycles. The van der Waals surface area contributed by atoms with Crippen molar-refractivity contribution in [2.24, 2.45) is 0 Å². The number of piperazine rings is 1. The Bertz CT molecular complexity index is 1630. The molecule has 11 nitrogen and oxygen atoms in total. The molecule has 0 unspecified atom stereocenters. The summed E-state index contributed by atoms with van der Waals surface area (Å²) in [6, 6.07) is 10.5. The molecule has 198 valence electrons. The Kier molecular flexibility index (Phi) is 6.11. The van der Waals surface area contributed by atoms with E-state index in [-0.39, 0.29) is 11.0 Å². The molecule has 2 fully saturated rings. The summed E-state index contributed by atoms with van der Waals surface area (Å²) in [5.41, 5.74) is 2.79. The first kappa shape index (κ1) is 24.5. The summed E-state index contributed by atoms with van der Waals surface area (Å²) >= 11 is 5.66. The van der Waals surface area contributed by atoms with Gasteiger partial charge >= 0.3 is 0 Å². The normalized spacial score (nSPS) is 16.1. The highest BCUT2D eigenvalue weighted by atomic mass is 32.2. The molecule has 4 aromatic rings. The molecule has 2 aliphatic rings. The first-order chi connectivity index (χ1) is 18.3. The summed E-state index contributed by atoms with van der Waals surface area (Å²) in [7, 11) is -1.76. The van der Waals surface area contributed by atoms with E-state index >= 15 is 0 Å². The fourth-order valence-electron chi connectivity index (χ4n) is 4.70. The van der Waals surface area contributed by atoms with E-state index in [0.29, 0.717) is 48.4 Å². The van der Waals surface area contributed by atoms with Gasteiger partial charge in [-0.1, -0.05) is 0 Å². The van der Waals surface area contributed by atoms with Crippen LogP contribution in [-0.4, -0.2) is 77.0 Å². The zero-order valence-electron chi connectivity index (χ0n) is 20.6. The number of sulfonamides is 1. The van der Waals surface area contributed by atoms with E-state index in [1.807, 2.05) is 12.1 Å². The zero-order chi connectivity index (χ0) is 26.4. The summed E-state index contributed by atoms with van der Waals surface area (Å²) in [5, 5.41) is 15.5. The Hall–Kier alpha value is -3.84. The van der Waals surface area contributed by atoms with E-state index in [9.17, 15) is 13.5 Å². The van der Waals surface area contributed by atoms with Gasteiger partial charge in [-0.15, -0.1) is 0 Å². The van der Waals surface area contributed by atoms with Crippen LogP contribution in [0.3, 0.4) is 0 Å². The summed E-state index contributed by atoms with van der Waals surface area (Å²) in [6.07, 6.45) is 2.98. The molecule has 1 saturated heterocycles. The molecule has 0 spiro atoms. The number of ether oxygens (including phenoxy) is 1. The van der Waals surface area contributed by atoms with Crippen LogP contribution in [-0.2, 0) is 10.0 Å². The predicted molar refractivity (Wildman–Crippen MR) is 152 cm³/mol. The van der Waals surface area contributed by atoms with Crippen LogP contribution >= 0.6 is 12.2 Å². The maximum atomic E-state index is 12.1. The van der Waals surface area contributed by atoms with Gasteiger partial charge in [-0.2, -0.15) is 0 Å². The van der Waals surface area contributed by atoms with Crippen LogP contribution in [0.25, 0.3) is 21.9 Å². The van der Waals surface area contributed by atoms with Gasteiger partial charge in [0.15, 0.2) is 16.6 Å². The lowest BCUT2D eigenvalue weighted by Gasteiger charge is -2.37. The minimum Gasteiger partial charge on any atom is -0.504 e. The molecule has 0 bridgehead atoms. The minimum absolute atomic E-state index is 0.0601. The number of benzene rings is 2. The van der Waals surface area contributed by atoms with E-state index in [0.717, 1.165) is 40.6 Å². The number of hydrogen-bond acceptors (Lipinski definition) is 8. The molecule has 2 aromatic heterocycles. The lowest BCUT2D eigenvalue weighted by Crippen LogP contribution is -2.50. The molecule has 1 saturated carbocycles. The lowest BCUT2D eigenvalue weighted by molar-refractivity contribution is 0.374. The van der Waals surface area contributed by atoms with Crippen LogP contribution in [0.1, 0.15) is 12.8 Å². The van der Waals surface area contributed by atoms with Crippen molar-refractivity contribution < 1.29 is 18.3 Å². The fourth-order valence-corrected chi connectivity index (χ4v) is 6.39. The molecule has 4 N–H and O–H groups in total. The minimum atomic E-state index is -3.29. The molecule has 1 aliphatic carbocycles. The number of aromatic hydroxyl groups is 1. The van der Waals surface area contributed by atoms with Gasteiger partial charge in [0.2, 0.25) is 10.0 Å². The van der Waals surface area contributed by atoms with Gasteiger partial charge < -0.3 is 29.9 Å². The second kappa shape index (κ2) is 9.48. The molecule has 13 heteroatoms. The number of aromatic amines is 1. The van der Waals surface area contributed by atoms with Crippen molar-refractivity contribution in [2.75, 3.05) is 48.2 Å². The number of rotatable bonds is 6. The monoisotopic (exact) mass is 553 g/mol. The first-order valence-electron chi connectivity index (χ1n) is 12.3. The van der Waals surface area contributed by atoms with Crippen LogP contribution in [0, 0.1) is 0 Å². The van der Waals surface area contributed by atoms with Crippen LogP contribution < -0.4 is 19.7 Å². The first-order valence-corrected chi connectivity index (χ1v) is 14.2. The van der Waals surface area contributed by atoms with Crippen molar-refractivity contribution in [1.29, 1.82) is 0 Å². The highest BCUT2D eigenvalue weighted by Gasteiger charge is 2.35. The maximum absolute atomic E-state index is 12.1. The average Bonchev–Trinajstić information content (AvgIpc) is 3.72. The third-order valence-corrected chi connectivity index (χ3v) is 9.12. The van der Waals surface area contributed by atoms with Crippen LogP contribution in [0.4, 0.5) is 17.2 Å². The van der Waals surface area contributed by atoms with Gasteiger partial charge in [-0.3, -0.25) is 4.72 Å². The van der Waals surface area contributed by atoms with E-state index in [2.05, 4.69) is 34.8 Å². The summed E-state index contributed by atoms with van der Waals surface area (Å²) in [6.45, 7) is 2.81. The van der Waals surface area contributed by atoms with Crippen molar-refractivity contribution in [3.05, 3.63) is 42.7 Å². The number of fused-ring (bicyclic) bond motifs is 3. The Morgan fingerprint density at radius 1 is 1.11 bits per heavy atom. The number of aromatic nitrogens is 3. The van der Waals surface area contributed by atoms with Crippen molar-refractivity contribution >= 4 is 66.5 Å². The van der Waals surface area contributed by atoms with Gasteiger partial charge in [0, 0.05) is 49.0 Å². The van der Waals surface area contributed by atoms with Crippen LogP contribution in [0.15, 0.2) is 42.7 Å². The number of hydrogen-bond donors (Lipinski definition) is 4. The summed E-state index contributed by atoms with van der Waals surface area (Å²) in [5.74, 6) is 1.27. The second-order valence-electron chi connectivity index (χ2n) is 9.44. The van der Waals surface area contributed by atoms with Crippen molar-refractivity contribution in [3.8, 4) is 11.5 Å². The summed E-state index contributed by atoms with van der Waals surface area (Å²) in [4.78, 5) is 16.5. The van der Waals surface area contributed by atoms with E-state index in [4.69, 9.17) is 17.0 Å². The molecule has 0 radical (unpaired) electrons. The number of phenolic OH excluding ortho intramolecular Hbond substituents is 1. The van der Waals surface area contributed by atoms with Gasteiger partial charge in [0.05, 0.1) is 23.3 Å². The van der Waals surface area contributed by atoms with Crippen LogP contribution in [0.5, 0.6) is 11.5 Å². The number of thiocarbonyl (C=S) groups is 1. The molecule has 6 rings (SSSR count). The fraction of sp³-hybridized carbons (Fsp3) is 0.320. The predicted octanol–water partition coefficient (Wildman–Crippen LogP) is 3.25. The Labute approximate surface area is 224 Å². The van der Waals surface area contributed by atoms with Crippen molar-refractivity contribution in [2.45, 2.75) is 18.1 Å². The molecular formula is C25H27N7O4S2. The van der Waals surface area contributed by atoms with E-state index in [1.165, 1.54) is 13.4 Å². The van der Waals surface area contributed by atoms with Crippen LogP contribution in [0.2, 0.25) is 0 Å². The number of nitrogens with one attached hydrogen (secondary N) is 3. The molecule has 1 aliphatic heterocycles. The standard InChI is InChI=1S/C25H27N7O4S2/c1-36-21-12-18-19(13-20(21)33)29-23-22(18)24(27-14-26-23)31-8-10-32(11-9-31)25(37)28-15-2-4-16(5-3-15)30-38(34,35)17-6-7-17/h2-5,12-14,17,30,33H,6-11H2,1H3,(H,28,37)(H,26,27,29). The molecule has 38 heavy (non-hydrogen) atoms. The van der Waals surface area contributed by atoms with E-state index in [1.54, 1.807) is 24.3 Å². The number of anilines is 3. The van der Waals surface area contributed by atoms with Gasteiger partial charge in [0.25, 0.3) is 0 Å². The van der Waals surface area contributed by atoms with Gasteiger partial charge in [0.1, 0.15) is 17.8 Å². The zero-order valence-corrected chi connectivity index (χ0v) is 22.3. The Balaban J connectivity index is 1.13. The SMILES string of the molecule is COc1cc2c(cc1O)[nH]c1ncnc(N3CCN(C(=S)Nc4ccc(NS(=O)(=O)C5CC5)cc4)CC3)c12. The maximum Gasteiger partial charge on any atom is 0.235 e. The average molecular weight is 554 g/mol.